The number of H-pyrrole nitrogens is 1. The molecular formula is C18H23N3O6S. The van der Waals surface area contributed by atoms with Crippen molar-refractivity contribution in [2.75, 3.05) is 24.7 Å². The summed E-state index contributed by atoms with van der Waals surface area (Å²) in [7, 11) is -2.31. The number of amides is 1. The Morgan fingerprint density at radius 3 is 2.46 bits per heavy atom. The summed E-state index contributed by atoms with van der Waals surface area (Å²) < 4.78 is 30.4. The third kappa shape index (κ3) is 4.76. The van der Waals surface area contributed by atoms with Crippen molar-refractivity contribution in [3.63, 3.8) is 0 Å². The van der Waals surface area contributed by atoms with E-state index in [-0.39, 0.29) is 22.8 Å². The first-order chi connectivity index (χ1) is 13.1. The number of rotatable bonds is 8. The molecule has 0 unspecified atom stereocenters. The molecule has 0 bridgehead atoms. The highest BCUT2D eigenvalue weighted by molar-refractivity contribution is 7.89. The molecule has 28 heavy (non-hydrogen) atoms. The summed E-state index contributed by atoms with van der Waals surface area (Å²) in [5.74, 6) is -1.52. The molecule has 1 aromatic carbocycles. The van der Waals surface area contributed by atoms with Crippen LogP contribution in [0.3, 0.4) is 0 Å². The summed E-state index contributed by atoms with van der Waals surface area (Å²) in [6.45, 7) is 4.38. The molecule has 0 atom stereocenters. The van der Waals surface area contributed by atoms with Gasteiger partial charge in [-0.25, -0.2) is 17.9 Å². The van der Waals surface area contributed by atoms with Gasteiger partial charge in [0.05, 0.1) is 36.2 Å². The lowest BCUT2D eigenvalue weighted by atomic mass is 10.0. The predicted octanol–water partition coefficient (Wildman–Crippen LogP) is 1.73. The van der Waals surface area contributed by atoms with Crippen LogP contribution in [0.1, 0.15) is 46.7 Å². The Labute approximate surface area is 162 Å². The van der Waals surface area contributed by atoms with E-state index in [1.165, 1.54) is 26.2 Å². The van der Waals surface area contributed by atoms with Crippen molar-refractivity contribution >= 4 is 44.3 Å². The first kappa shape index (κ1) is 21.6. The van der Waals surface area contributed by atoms with Gasteiger partial charge in [0.15, 0.2) is 5.78 Å². The van der Waals surface area contributed by atoms with E-state index in [4.69, 9.17) is 4.74 Å². The van der Waals surface area contributed by atoms with Crippen molar-refractivity contribution < 1.29 is 27.5 Å². The molecule has 10 heteroatoms. The Morgan fingerprint density at radius 2 is 1.89 bits per heavy atom. The van der Waals surface area contributed by atoms with E-state index < -0.39 is 28.4 Å². The Bertz CT molecular complexity index is 1040. The number of aromatic amines is 1. The number of carbonyl (C=O) groups excluding carboxylic acids is 3. The summed E-state index contributed by atoms with van der Waals surface area (Å²) >= 11 is 0. The summed E-state index contributed by atoms with van der Waals surface area (Å²) in [4.78, 5) is 39.3. The maximum atomic E-state index is 12.2. The minimum absolute atomic E-state index is 0.0832. The van der Waals surface area contributed by atoms with Crippen LogP contribution in [-0.2, 0) is 19.6 Å². The average molecular weight is 409 g/mol. The van der Waals surface area contributed by atoms with Crippen molar-refractivity contribution in [3.05, 3.63) is 29.0 Å². The zero-order valence-electron chi connectivity index (χ0n) is 16.1. The van der Waals surface area contributed by atoms with Gasteiger partial charge in [-0.15, -0.1) is 0 Å². The van der Waals surface area contributed by atoms with Gasteiger partial charge in [-0.3, -0.25) is 9.59 Å². The summed E-state index contributed by atoms with van der Waals surface area (Å²) in [5.41, 5.74) is 1.84. The minimum atomic E-state index is -3.54. The second-order valence-corrected chi connectivity index (χ2v) is 8.23. The number of hydrogen-bond acceptors (Lipinski definition) is 6. The molecule has 0 saturated heterocycles. The molecule has 1 aromatic heterocycles. The van der Waals surface area contributed by atoms with Crippen LogP contribution in [0.15, 0.2) is 12.1 Å². The SMILES string of the molecule is CCCS(=O)(=O)NCC(=O)Nc1cc(C(=O)OC)cc2c(C(C)=O)c(C)[nH]c12. The number of nitrogens with one attached hydrogen (secondary N) is 3. The number of anilines is 1. The molecule has 152 valence electrons. The van der Waals surface area contributed by atoms with Crippen LogP contribution in [0.5, 0.6) is 0 Å². The molecule has 0 saturated carbocycles. The van der Waals surface area contributed by atoms with E-state index in [2.05, 4.69) is 15.0 Å². The molecule has 0 spiro atoms. The number of carbonyl (C=O) groups is 3. The number of fused-ring (bicyclic) bond motifs is 1. The molecular weight excluding hydrogens is 386 g/mol. The molecule has 0 aliphatic heterocycles. The number of ether oxygens (including phenoxy) is 1. The van der Waals surface area contributed by atoms with E-state index in [0.717, 1.165) is 0 Å². The largest absolute Gasteiger partial charge is 0.465 e. The summed E-state index contributed by atoms with van der Waals surface area (Å²) in [6.07, 6.45) is 0.425. The predicted molar refractivity (Wildman–Crippen MR) is 105 cm³/mol. The van der Waals surface area contributed by atoms with Gasteiger partial charge in [-0.05, 0) is 32.4 Å². The number of sulfonamides is 1. The Kier molecular flexibility index (Phi) is 6.57. The zero-order valence-corrected chi connectivity index (χ0v) is 17.0. The van der Waals surface area contributed by atoms with Crippen molar-refractivity contribution in [1.82, 2.24) is 9.71 Å². The summed E-state index contributed by atoms with van der Waals surface area (Å²) in [5, 5.41) is 3.05. The van der Waals surface area contributed by atoms with Gasteiger partial charge in [0.1, 0.15) is 0 Å². The monoisotopic (exact) mass is 409 g/mol. The zero-order chi connectivity index (χ0) is 21.1. The number of methoxy groups -OCH3 is 1. The highest BCUT2D eigenvalue weighted by atomic mass is 32.2. The number of aryl methyl sites for hydroxylation is 1. The van der Waals surface area contributed by atoms with E-state index >= 15 is 0 Å². The second-order valence-electron chi connectivity index (χ2n) is 6.31. The van der Waals surface area contributed by atoms with E-state index in [0.29, 0.717) is 28.6 Å². The Morgan fingerprint density at radius 1 is 1.21 bits per heavy atom. The maximum Gasteiger partial charge on any atom is 0.337 e. The standard InChI is InChI=1S/C18H23N3O6S/c1-5-6-28(25,26)19-9-15(23)21-14-8-12(18(24)27-4)7-13-16(11(3)22)10(2)20-17(13)14/h7-8,19-20H,5-6,9H2,1-4H3,(H,21,23). The quantitative estimate of drug-likeness (QED) is 0.449. The fourth-order valence-electron chi connectivity index (χ4n) is 2.92. The van der Waals surface area contributed by atoms with Gasteiger partial charge >= 0.3 is 5.97 Å². The van der Waals surface area contributed by atoms with E-state index in [9.17, 15) is 22.8 Å². The highest BCUT2D eigenvalue weighted by Crippen LogP contribution is 2.30. The fraction of sp³-hybridized carbons (Fsp3) is 0.389. The molecule has 0 fully saturated rings. The van der Waals surface area contributed by atoms with Crippen LogP contribution in [0.2, 0.25) is 0 Å². The van der Waals surface area contributed by atoms with E-state index in [1.807, 2.05) is 0 Å². The third-order valence-corrected chi connectivity index (χ3v) is 5.60. The van der Waals surface area contributed by atoms with Crippen LogP contribution < -0.4 is 10.0 Å². The molecule has 9 nitrogen and oxygen atoms in total. The number of Topliss-reactive ketones (excluding diaryl/α,β-unsaturated/α-hetero) is 1. The topological polar surface area (TPSA) is 134 Å². The normalized spacial score (nSPS) is 11.4. The maximum absolute atomic E-state index is 12.2. The molecule has 0 aliphatic carbocycles. The van der Waals surface area contributed by atoms with Crippen LogP contribution in [0, 0.1) is 6.92 Å². The molecule has 2 rings (SSSR count). The van der Waals surface area contributed by atoms with Crippen LogP contribution in [0.25, 0.3) is 10.9 Å². The van der Waals surface area contributed by atoms with E-state index in [1.54, 1.807) is 13.8 Å². The van der Waals surface area contributed by atoms with Gasteiger partial charge < -0.3 is 15.0 Å². The lowest BCUT2D eigenvalue weighted by molar-refractivity contribution is -0.115. The first-order valence-electron chi connectivity index (χ1n) is 8.62. The molecule has 0 radical (unpaired) electrons. The molecule has 1 heterocycles. The number of ketones is 1. The van der Waals surface area contributed by atoms with Crippen molar-refractivity contribution in [2.24, 2.45) is 0 Å². The van der Waals surface area contributed by atoms with Crippen LogP contribution in [-0.4, -0.2) is 50.5 Å². The smallest absolute Gasteiger partial charge is 0.337 e. The van der Waals surface area contributed by atoms with Crippen molar-refractivity contribution in [1.29, 1.82) is 0 Å². The van der Waals surface area contributed by atoms with Gasteiger partial charge in [0, 0.05) is 16.6 Å². The van der Waals surface area contributed by atoms with Gasteiger partial charge in [-0.2, -0.15) is 0 Å². The molecule has 3 N–H and O–H groups in total. The fourth-order valence-corrected chi connectivity index (χ4v) is 3.96. The number of benzene rings is 1. The van der Waals surface area contributed by atoms with Crippen molar-refractivity contribution in [2.45, 2.75) is 27.2 Å². The number of esters is 1. The Hall–Kier alpha value is -2.72. The second kappa shape index (κ2) is 8.53. The summed E-state index contributed by atoms with van der Waals surface area (Å²) in [6, 6.07) is 2.92. The first-order valence-corrected chi connectivity index (χ1v) is 10.3. The molecule has 2 aromatic rings. The van der Waals surface area contributed by atoms with Gasteiger partial charge in [-0.1, -0.05) is 6.92 Å². The third-order valence-electron chi connectivity index (χ3n) is 4.07. The van der Waals surface area contributed by atoms with Gasteiger partial charge in [0.2, 0.25) is 15.9 Å². The van der Waals surface area contributed by atoms with Crippen molar-refractivity contribution in [3.8, 4) is 0 Å². The van der Waals surface area contributed by atoms with Crippen LogP contribution >= 0.6 is 0 Å². The number of hydrogen-bond donors (Lipinski definition) is 3. The minimum Gasteiger partial charge on any atom is -0.465 e. The molecule has 0 aliphatic rings. The Balaban J connectivity index is 2.42. The lowest BCUT2D eigenvalue weighted by Gasteiger charge is -2.10. The average Bonchev–Trinajstić information content (AvgIpc) is 2.95. The van der Waals surface area contributed by atoms with Crippen LogP contribution in [0.4, 0.5) is 5.69 Å². The van der Waals surface area contributed by atoms with Gasteiger partial charge in [0.25, 0.3) is 0 Å². The lowest BCUT2D eigenvalue weighted by Crippen LogP contribution is -2.34. The molecule has 1 amide bonds. The highest BCUT2D eigenvalue weighted by Gasteiger charge is 2.20. The number of aromatic nitrogens is 1.